The number of anilines is 1. The van der Waals surface area contributed by atoms with Gasteiger partial charge in [-0.3, -0.25) is 13.9 Å². The monoisotopic (exact) mass is 420 g/mol. The summed E-state index contributed by atoms with van der Waals surface area (Å²) in [7, 11) is 6.03. The van der Waals surface area contributed by atoms with Crippen molar-refractivity contribution in [2.45, 2.75) is 12.5 Å². The standard InChI is InChI=1S/C23H24N4O4/c1-26-21(17(14-24)22(28)27(2)23(26)29)25-18(16-8-6-5-7-9-16)12-15-10-11-19(30-3)20(13-15)31-4/h5-11,13,18,25H,12H2,1-4H3. The average molecular weight is 420 g/mol. The summed E-state index contributed by atoms with van der Waals surface area (Å²) in [5, 5.41) is 12.9. The molecule has 1 aromatic heterocycles. The Morgan fingerprint density at radius 3 is 2.29 bits per heavy atom. The lowest BCUT2D eigenvalue weighted by atomic mass is 9.98. The van der Waals surface area contributed by atoms with Crippen molar-refractivity contribution in [1.82, 2.24) is 9.13 Å². The molecule has 0 amide bonds. The van der Waals surface area contributed by atoms with Crippen LogP contribution >= 0.6 is 0 Å². The van der Waals surface area contributed by atoms with Crippen molar-refractivity contribution in [3.8, 4) is 17.6 Å². The maximum absolute atomic E-state index is 12.5. The third-order valence-electron chi connectivity index (χ3n) is 5.18. The Balaban J connectivity index is 2.08. The van der Waals surface area contributed by atoms with Crippen molar-refractivity contribution in [1.29, 1.82) is 5.26 Å². The highest BCUT2D eigenvalue weighted by atomic mass is 16.5. The second-order valence-electron chi connectivity index (χ2n) is 7.04. The van der Waals surface area contributed by atoms with Crippen LogP contribution in [0.3, 0.4) is 0 Å². The van der Waals surface area contributed by atoms with Gasteiger partial charge < -0.3 is 14.8 Å². The second kappa shape index (κ2) is 9.22. The molecule has 2 aromatic carbocycles. The Morgan fingerprint density at radius 1 is 1.00 bits per heavy atom. The summed E-state index contributed by atoms with van der Waals surface area (Å²) in [5.41, 5.74) is 0.633. The lowest BCUT2D eigenvalue weighted by Gasteiger charge is -2.23. The van der Waals surface area contributed by atoms with Gasteiger partial charge in [0.05, 0.1) is 20.3 Å². The number of hydrogen-bond acceptors (Lipinski definition) is 6. The Morgan fingerprint density at radius 2 is 1.68 bits per heavy atom. The SMILES string of the molecule is COc1ccc(CC(Nc2c(C#N)c(=O)n(C)c(=O)n2C)c2ccccc2)cc1OC. The number of rotatable bonds is 7. The fourth-order valence-corrected chi connectivity index (χ4v) is 3.46. The van der Waals surface area contributed by atoms with Gasteiger partial charge in [0.25, 0.3) is 5.56 Å². The first kappa shape index (κ1) is 21.7. The Labute approximate surface area is 179 Å². The first-order chi connectivity index (χ1) is 14.9. The van der Waals surface area contributed by atoms with Crippen LogP contribution in [0.2, 0.25) is 0 Å². The molecule has 160 valence electrons. The first-order valence-electron chi connectivity index (χ1n) is 9.63. The van der Waals surface area contributed by atoms with E-state index in [1.54, 1.807) is 14.2 Å². The van der Waals surface area contributed by atoms with Crippen molar-refractivity contribution >= 4 is 5.82 Å². The number of nitrogens with zero attached hydrogens (tertiary/aromatic N) is 3. The molecule has 0 aliphatic rings. The van der Waals surface area contributed by atoms with Crippen LogP contribution in [0, 0.1) is 11.3 Å². The number of benzene rings is 2. The molecule has 8 nitrogen and oxygen atoms in total. The fourth-order valence-electron chi connectivity index (χ4n) is 3.46. The summed E-state index contributed by atoms with van der Waals surface area (Å²) >= 11 is 0. The summed E-state index contributed by atoms with van der Waals surface area (Å²) in [6, 6.07) is 16.9. The third-order valence-corrected chi connectivity index (χ3v) is 5.18. The molecule has 3 aromatic rings. The molecule has 0 spiro atoms. The topological polar surface area (TPSA) is 98.3 Å². The summed E-state index contributed by atoms with van der Waals surface area (Å²) < 4.78 is 12.9. The molecule has 0 radical (unpaired) electrons. The molecule has 1 unspecified atom stereocenters. The third kappa shape index (κ3) is 4.31. The van der Waals surface area contributed by atoms with Crippen LogP contribution in [-0.4, -0.2) is 23.4 Å². The van der Waals surface area contributed by atoms with Crippen molar-refractivity contribution in [3.05, 3.63) is 86.1 Å². The minimum Gasteiger partial charge on any atom is -0.493 e. The molecule has 3 rings (SSSR count). The maximum Gasteiger partial charge on any atom is 0.332 e. The van der Waals surface area contributed by atoms with Gasteiger partial charge in [-0.25, -0.2) is 4.79 Å². The van der Waals surface area contributed by atoms with Gasteiger partial charge in [0.15, 0.2) is 17.1 Å². The van der Waals surface area contributed by atoms with Gasteiger partial charge >= 0.3 is 5.69 Å². The van der Waals surface area contributed by atoms with E-state index in [2.05, 4.69) is 5.32 Å². The summed E-state index contributed by atoms with van der Waals surface area (Å²) in [6.07, 6.45) is 0.513. The number of ether oxygens (including phenoxy) is 2. The zero-order chi connectivity index (χ0) is 22.5. The van der Waals surface area contributed by atoms with E-state index in [0.717, 1.165) is 15.7 Å². The molecule has 0 saturated heterocycles. The number of nitriles is 1. The van der Waals surface area contributed by atoms with Crippen LogP contribution in [0.4, 0.5) is 5.82 Å². The van der Waals surface area contributed by atoms with Crippen LogP contribution in [0.1, 0.15) is 22.7 Å². The average Bonchev–Trinajstić information content (AvgIpc) is 2.81. The summed E-state index contributed by atoms with van der Waals surface area (Å²) in [4.78, 5) is 24.9. The normalized spacial score (nSPS) is 11.5. The van der Waals surface area contributed by atoms with Crippen LogP contribution in [0.15, 0.2) is 58.1 Å². The second-order valence-corrected chi connectivity index (χ2v) is 7.04. The van der Waals surface area contributed by atoms with Gasteiger partial charge in [0.1, 0.15) is 11.9 Å². The number of nitrogens with one attached hydrogen (secondary N) is 1. The van der Waals surface area contributed by atoms with Crippen molar-refractivity contribution in [3.63, 3.8) is 0 Å². The predicted octanol–water partition coefficient (Wildman–Crippen LogP) is 2.37. The van der Waals surface area contributed by atoms with Crippen LogP contribution in [0.25, 0.3) is 0 Å². The maximum atomic E-state index is 12.5. The molecule has 0 saturated carbocycles. The zero-order valence-electron chi connectivity index (χ0n) is 17.9. The molecular formula is C23H24N4O4. The minimum absolute atomic E-state index is 0.113. The largest absolute Gasteiger partial charge is 0.493 e. The van der Waals surface area contributed by atoms with E-state index in [0.29, 0.717) is 17.9 Å². The van der Waals surface area contributed by atoms with E-state index < -0.39 is 11.2 Å². The number of hydrogen-bond donors (Lipinski definition) is 1. The van der Waals surface area contributed by atoms with Crippen molar-refractivity contribution in [2.75, 3.05) is 19.5 Å². The molecule has 1 atom stereocenters. The Kier molecular flexibility index (Phi) is 6.46. The van der Waals surface area contributed by atoms with E-state index in [-0.39, 0.29) is 17.4 Å². The Bertz CT molecular complexity index is 1240. The van der Waals surface area contributed by atoms with Gasteiger partial charge in [0.2, 0.25) is 0 Å². The number of aromatic nitrogens is 2. The fraction of sp³-hybridized carbons (Fsp3) is 0.261. The predicted molar refractivity (Wildman–Crippen MR) is 118 cm³/mol. The zero-order valence-corrected chi connectivity index (χ0v) is 17.9. The van der Waals surface area contributed by atoms with Gasteiger partial charge in [-0.05, 0) is 29.7 Å². The molecule has 0 bridgehead atoms. The molecule has 0 aliphatic carbocycles. The smallest absolute Gasteiger partial charge is 0.332 e. The molecule has 8 heteroatoms. The molecule has 0 fully saturated rings. The van der Waals surface area contributed by atoms with Crippen LogP contribution in [0.5, 0.6) is 11.5 Å². The van der Waals surface area contributed by atoms with E-state index in [1.165, 1.54) is 18.7 Å². The lowest BCUT2D eigenvalue weighted by molar-refractivity contribution is 0.354. The quantitative estimate of drug-likeness (QED) is 0.630. The van der Waals surface area contributed by atoms with Crippen LogP contribution < -0.4 is 26.0 Å². The number of methoxy groups -OCH3 is 2. The molecule has 1 heterocycles. The Hall–Kier alpha value is -3.99. The molecular weight excluding hydrogens is 396 g/mol. The summed E-state index contributed by atoms with van der Waals surface area (Å²) in [6.45, 7) is 0. The van der Waals surface area contributed by atoms with Crippen molar-refractivity contribution in [2.24, 2.45) is 14.1 Å². The van der Waals surface area contributed by atoms with Gasteiger partial charge in [-0.2, -0.15) is 5.26 Å². The van der Waals surface area contributed by atoms with E-state index in [9.17, 15) is 14.9 Å². The summed E-state index contributed by atoms with van der Waals surface area (Å²) in [5.74, 6) is 1.41. The molecule has 1 N–H and O–H groups in total. The highest BCUT2D eigenvalue weighted by Gasteiger charge is 2.20. The van der Waals surface area contributed by atoms with Gasteiger partial charge in [0, 0.05) is 14.1 Å². The van der Waals surface area contributed by atoms with E-state index in [1.807, 2.05) is 54.6 Å². The van der Waals surface area contributed by atoms with Gasteiger partial charge in [-0.1, -0.05) is 36.4 Å². The van der Waals surface area contributed by atoms with Gasteiger partial charge in [-0.15, -0.1) is 0 Å². The van der Waals surface area contributed by atoms with Crippen LogP contribution in [-0.2, 0) is 20.5 Å². The van der Waals surface area contributed by atoms with Crippen molar-refractivity contribution < 1.29 is 9.47 Å². The highest BCUT2D eigenvalue weighted by molar-refractivity contribution is 5.53. The first-order valence-corrected chi connectivity index (χ1v) is 9.63. The van der Waals surface area contributed by atoms with E-state index in [4.69, 9.17) is 9.47 Å². The molecule has 0 aliphatic heterocycles. The minimum atomic E-state index is -0.633. The highest BCUT2D eigenvalue weighted by Crippen LogP contribution is 2.31. The lowest BCUT2D eigenvalue weighted by Crippen LogP contribution is -2.40. The molecule has 31 heavy (non-hydrogen) atoms. The van der Waals surface area contributed by atoms with E-state index >= 15 is 0 Å².